The summed E-state index contributed by atoms with van der Waals surface area (Å²) < 4.78 is 0. The molecule has 1 aromatic carbocycles. The lowest BCUT2D eigenvalue weighted by atomic mass is 10.2. The van der Waals surface area contributed by atoms with E-state index in [9.17, 15) is 0 Å². The Balaban J connectivity index is 2.94. The number of halogens is 1. The highest BCUT2D eigenvalue weighted by atomic mass is 35.5. The van der Waals surface area contributed by atoms with Gasteiger partial charge in [-0.2, -0.15) is 5.26 Å². The molecule has 66 valence electrons. The van der Waals surface area contributed by atoms with E-state index in [1.54, 1.807) is 24.3 Å². The van der Waals surface area contributed by atoms with Gasteiger partial charge in [0.05, 0.1) is 11.6 Å². The number of oxime groups is 1. The minimum atomic E-state index is 0.270. The molecular formula is C9H7ClN2O. The normalized spacial score (nSPS) is 10.7. The molecule has 3 nitrogen and oxygen atoms in total. The summed E-state index contributed by atoms with van der Waals surface area (Å²) in [5.41, 5.74) is 1.31. The van der Waals surface area contributed by atoms with Crippen LogP contribution in [0, 0.1) is 11.3 Å². The molecule has 0 N–H and O–H groups in total. The van der Waals surface area contributed by atoms with Gasteiger partial charge in [-0.05, 0) is 12.1 Å². The van der Waals surface area contributed by atoms with E-state index in [4.69, 9.17) is 16.9 Å². The van der Waals surface area contributed by atoms with Crippen LogP contribution in [0.2, 0.25) is 0 Å². The minimum Gasteiger partial charge on any atom is -0.398 e. The van der Waals surface area contributed by atoms with Gasteiger partial charge in [0.2, 0.25) is 0 Å². The molecule has 0 saturated heterocycles. The summed E-state index contributed by atoms with van der Waals surface area (Å²) in [5.74, 6) is 0. The van der Waals surface area contributed by atoms with Crippen molar-refractivity contribution in [3.8, 4) is 6.07 Å². The van der Waals surface area contributed by atoms with Crippen LogP contribution in [0.15, 0.2) is 29.4 Å². The number of rotatable bonds is 2. The van der Waals surface area contributed by atoms with Gasteiger partial charge in [-0.1, -0.05) is 28.9 Å². The summed E-state index contributed by atoms with van der Waals surface area (Å²) in [6.45, 7) is 0. The van der Waals surface area contributed by atoms with Gasteiger partial charge >= 0.3 is 0 Å². The van der Waals surface area contributed by atoms with Crippen LogP contribution >= 0.6 is 11.6 Å². The number of nitrogens with zero attached hydrogens (tertiary/aromatic N) is 2. The van der Waals surface area contributed by atoms with E-state index in [1.807, 2.05) is 6.07 Å². The van der Waals surface area contributed by atoms with E-state index in [-0.39, 0.29) is 5.17 Å². The van der Waals surface area contributed by atoms with Crippen molar-refractivity contribution >= 4 is 16.8 Å². The van der Waals surface area contributed by atoms with Crippen LogP contribution in [-0.4, -0.2) is 12.3 Å². The maximum Gasteiger partial charge on any atom is 0.175 e. The molecule has 4 heteroatoms. The van der Waals surface area contributed by atoms with Gasteiger partial charge in [0.15, 0.2) is 5.17 Å². The Bertz CT molecular complexity index is 351. The quantitative estimate of drug-likeness (QED) is 0.535. The van der Waals surface area contributed by atoms with Crippen molar-refractivity contribution in [2.24, 2.45) is 5.16 Å². The summed E-state index contributed by atoms with van der Waals surface area (Å²) >= 11 is 5.74. The van der Waals surface area contributed by atoms with Crippen LogP contribution in [0.25, 0.3) is 0 Å². The topological polar surface area (TPSA) is 45.4 Å². The van der Waals surface area contributed by atoms with Crippen molar-refractivity contribution in [3.63, 3.8) is 0 Å². The molecular weight excluding hydrogens is 188 g/mol. The molecule has 0 fully saturated rings. The van der Waals surface area contributed by atoms with Gasteiger partial charge in [-0.3, -0.25) is 0 Å². The zero-order valence-corrected chi connectivity index (χ0v) is 7.75. The summed E-state index contributed by atoms with van der Waals surface area (Å²) in [7, 11) is 1.42. The fraction of sp³-hybridized carbons (Fsp3) is 0.111. The van der Waals surface area contributed by atoms with E-state index < -0.39 is 0 Å². The molecule has 1 rings (SSSR count). The molecule has 0 aliphatic carbocycles. The molecule has 0 heterocycles. The first-order valence-electron chi connectivity index (χ1n) is 3.55. The highest BCUT2D eigenvalue weighted by Gasteiger charge is 1.99. The Labute approximate surface area is 81.2 Å². The molecule has 0 bridgehead atoms. The van der Waals surface area contributed by atoms with Crippen molar-refractivity contribution in [3.05, 3.63) is 35.4 Å². The Morgan fingerprint density at radius 1 is 1.46 bits per heavy atom. The molecule has 0 amide bonds. The SMILES string of the molecule is CO/N=C(\Cl)c1ccc(C#N)cc1. The predicted octanol–water partition coefficient (Wildman–Crippen LogP) is 2.11. The molecule has 0 aliphatic heterocycles. The van der Waals surface area contributed by atoms with Gasteiger partial charge in [-0.25, -0.2) is 0 Å². The number of benzene rings is 1. The first-order valence-corrected chi connectivity index (χ1v) is 3.93. The minimum absolute atomic E-state index is 0.270. The molecule has 0 aliphatic rings. The van der Waals surface area contributed by atoms with E-state index in [2.05, 4.69) is 9.99 Å². The fourth-order valence-corrected chi connectivity index (χ4v) is 1.01. The van der Waals surface area contributed by atoms with E-state index >= 15 is 0 Å². The third-order valence-electron chi connectivity index (χ3n) is 1.42. The molecule has 1 aromatic rings. The monoisotopic (exact) mass is 194 g/mol. The third-order valence-corrected chi connectivity index (χ3v) is 1.71. The highest BCUT2D eigenvalue weighted by Crippen LogP contribution is 2.07. The van der Waals surface area contributed by atoms with Crippen LogP contribution in [0.4, 0.5) is 0 Å². The number of nitriles is 1. The number of hydrogen-bond donors (Lipinski definition) is 0. The van der Waals surface area contributed by atoms with E-state index in [1.165, 1.54) is 7.11 Å². The first kappa shape index (κ1) is 9.56. The van der Waals surface area contributed by atoms with Gasteiger partial charge in [0, 0.05) is 5.56 Å². The second-order valence-electron chi connectivity index (χ2n) is 2.25. The zero-order chi connectivity index (χ0) is 9.68. The van der Waals surface area contributed by atoms with Crippen LogP contribution in [0.3, 0.4) is 0 Å². The van der Waals surface area contributed by atoms with E-state index in [0.29, 0.717) is 5.56 Å². The van der Waals surface area contributed by atoms with Gasteiger partial charge < -0.3 is 4.84 Å². The molecule has 0 radical (unpaired) electrons. The maximum atomic E-state index is 8.53. The summed E-state index contributed by atoms with van der Waals surface area (Å²) in [4.78, 5) is 4.51. The van der Waals surface area contributed by atoms with Crippen molar-refractivity contribution < 1.29 is 4.84 Å². The van der Waals surface area contributed by atoms with Crippen LogP contribution in [0.1, 0.15) is 11.1 Å². The summed E-state index contributed by atoms with van der Waals surface area (Å²) in [6.07, 6.45) is 0. The molecule has 0 saturated carbocycles. The largest absolute Gasteiger partial charge is 0.398 e. The maximum absolute atomic E-state index is 8.53. The second kappa shape index (κ2) is 4.48. The Morgan fingerprint density at radius 3 is 2.54 bits per heavy atom. The van der Waals surface area contributed by atoms with Gasteiger partial charge in [-0.15, -0.1) is 0 Å². The first-order chi connectivity index (χ1) is 6.27. The predicted molar refractivity (Wildman–Crippen MR) is 50.6 cm³/mol. The molecule has 0 atom stereocenters. The fourth-order valence-electron chi connectivity index (χ4n) is 0.815. The van der Waals surface area contributed by atoms with Crippen molar-refractivity contribution in [1.29, 1.82) is 5.26 Å². The standard InChI is InChI=1S/C9H7ClN2O/c1-13-12-9(10)8-4-2-7(6-11)3-5-8/h2-5H,1H3/b12-9-. The lowest BCUT2D eigenvalue weighted by molar-refractivity contribution is 0.214. The highest BCUT2D eigenvalue weighted by molar-refractivity contribution is 6.69. The molecule has 13 heavy (non-hydrogen) atoms. The zero-order valence-electron chi connectivity index (χ0n) is 6.99. The van der Waals surface area contributed by atoms with Crippen molar-refractivity contribution in [2.75, 3.05) is 7.11 Å². The third kappa shape index (κ3) is 2.46. The average molecular weight is 195 g/mol. The van der Waals surface area contributed by atoms with Gasteiger partial charge in [0.1, 0.15) is 7.11 Å². The smallest absolute Gasteiger partial charge is 0.175 e. The number of hydrogen-bond acceptors (Lipinski definition) is 3. The average Bonchev–Trinajstić information content (AvgIpc) is 2.18. The lowest BCUT2D eigenvalue weighted by Gasteiger charge is -1.96. The summed E-state index contributed by atoms with van der Waals surface area (Å²) in [5, 5.41) is 12.4. The van der Waals surface area contributed by atoms with Gasteiger partial charge in [0.25, 0.3) is 0 Å². The lowest BCUT2D eigenvalue weighted by Crippen LogP contribution is -1.91. The molecule has 0 unspecified atom stereocenters. The Kier molecular flexibility index (Phi) is 3.30. The second-order valence-corrected chi connectivity index (χ2v) is 2.61. The molecule has 0 aromatic heterocycles. The van der Waals surface area contributed by atoms with Crippen LogP contribution < -0.4 is 0 Å². The molecule has 0 spiro atoms. The van der Waals surface area contributed by atoms with E-state index in [0.717, 1.165) is 5.56 Å². The Hall–Kier alpha value is -1.53. The summed E-state index contributed by atoms with van der Waals surface area (Å²) in [6, 6.07) is 8.77. The van der Waals surface area contributed by atoms with Crippen LogP contribution in [0.5, 0.6) is 0 Å². The van der Waals surface area contributed by atoms with Crippen molar-refractivity contribution in [1.82, 2.24) is 0 Å². The van der Waals surface area contributed by atoms with Crippen molar-refractivity contribution in [2.45, 2.75) is 0 Å². The van der Waals surface area contributed by atoms with Crippen LogP contribution in [-0.2, 0) is 4.84 Å². The Morgan fingerprint density at radius 2 is 2.08 bits per heavy atom.